The van der Waals surface area contributed by atoms with Crippen molar-refractivity contribution in [1.29, 1.82) is 0 Å². The van der Waals surface area contributed by atoms with E-state index in [9.17, 15) is 9.59 Å². The Balaban J connectivity index is 1.53. The lowest BCUT2D eigenvalue weighted by molar-refractivity contribution is -0.116. The second kappa shape index (κ2) is 10.8. The normalized spacial score (nSPS) is 20.5. The first-order valence-electron chi connectivity index (χ1n) is 12.5. The lowest BCUT2D eigenvalue weighted by Gasteiger charge is -2.34. The molecule has 0 unspecified atom stereocenters. The molecule has 0 N–H and O–H groups in total. The number of fused-ring (bicyclic) bond motifs is 3. The van der Waals surface area contributed by atoms with Crippen LogP contribution in [0.15, 0.2) is 73.1 Å². The fourth-order valence-electron chi connectivity index (χ4n) is 5.56. The number of halogens is 1. The molecule has 3 aromatic rings. The Bertz CT molecular complexity index is 1220. The van der Waals surface area contributed by atoms with Crippen LogP contribution in [0.1, 0.15) is 47.7 Å². The van der Waals surface area contributed by atoms with Crippen LogP contribution in [0.25, 0.3) is 0 Å². The van der Waals surface area contributed by atoms with E-state index in [0.29, 0.717) is 31.2 Å². The van der Waals surface area contributed by atoms with Crippen molar-refractivity contribution < 1.29 is 9.59 Å². The van der Waals surface area contributed by atoms with Gasteiger partial charge in [0.2, 0.25) is 5.91 Å². The molecule has 2 atom stereocenters. The number of para-hydroxylation sites is 1. The first-order valence-corrected chi connectivity index (χ1v) is 12.9. The third-order valence-electron chi connectivity index (χ3n) is 7.39. The molecule has 2 aliphatic rings. The molecule has 1 saturated heterocycles. The summed E-state index contributed by atoms with van der Waals surface area (Å²) in [4.78, 5) is 37.0. The van der Waals surface area contributed by atoms with Crippen LogP contribution in [0, 0.1) is 0 Å². The number of rotatable bonds is 3. The van der Waals surface area contributed by atoms with Gasteiger partial charge in [-0.1, -0.05) is 41.9 Å². The minimum Gasteiger partial charge on any atom is -0.333 e. The summed E-state index contributed by atoms with van der Waals surface area (Å²) in [7, 11) is 0. The number of carbonyl (C=O) groups excluding carboxylic acids is 2. The standard InChI is InChI=1S/C29H31ClN4O2/c1-21(35)33-16-14-26-12-13-27(34(26)18-22-8-10-25(30)11-9-22)20-32(19-24-5-2-3-7-28(24)33)29(36)23-6-4-15-31-17-23/h2-11,15,17,26-27H,12-14,16,18-20H2,1H3/t26-,27+/m1/s1. The second-order valence-electron chi connectivity index (χ2n) is 9.70. The van der Waals surface area contributed by atoms with Gasteiger partial charge < -0.3 is 9.80 Å². The van der Waals surface area contributed by atoms with Crippen molar-refractivity contribution in [1.82, 2.24) is 14.8 Å². The smallest absolute Gasteiger partial charge is 0.255 e. The first kappa shape index (κ1) is 24.5. The van der Waals surface area contributed by atoms with E-state index in [2.05, 4.69) is 22.0 Å². The van der Waals surface area contributed by atoms with Gasteiger partial charge >= 0.3 is 0 Å². The van der Waals surface area contributed by atoms with Gasteiger partial charge in [-0.15, -0.1) is 0 Å². The zero-order valence-electron chi connectivity index (χ0n) is 20.5. The zero-order chi connectivity index (χ0) is 25.1. The molecule has 2 aromatic carbocycles. The largest absolute Gasteiger partial charge is 0.333 e. The Labute approximate surface area is 217 Å². The summed E-state index contributed by atoms with van der Waals surface area (Å²) < 4.78 is 0. The molecule has 1 aromatic heterocycles. The number of aromatic nitrogens is 1. The van der Waals surface area contributed by atoms with Crippen molar-refractivity contribution in [2.75, 3.05) is 18.0 Å². The van der Waals surface area contributed by atoms with Crippen LogP contribution in [-0.4, -0.2) is 51.8 Å². The summed E-state index contributed by atoms with van der Waals surface area (Å²) in [6, 6.07) is 20.1. The zero-order valence-corrected chi connectivity index (χ0v) is 21.3. The molecule has 3 heterocycles. The molecule has 2 aliphatic heterocycles. The topological polar surface area (TPSA) is 56.8 Å². The van der Waals surface area contributed by atoms with E-state index in [4.69, 9.17) is 11.6 Å². The van der Waals surface area contributed by atoms with Gasteiger partial charge in [0.15, 0.2) is 0 Å². The predicted octanol–water partition coefficient (Wildman–Crippen LogP) is 5.17. The van der Waals surface area contributed by atoms with Gasteiger partial charge in [0.05, 0.1) is 5.56 Å². The summed E-state index contributed by atoms with van der Waals surface area (Å²) in [5.74, 6) is -0.0213. The Kier molecular flexibility index (Phi) is 7.35. The van der Waals surface area contributed by atoms with Crippen molar-refractivity contribution in [2.45, 2.75) is 51.4 Å². The summed E-state index contributed by atoms with van der Waals surface area (Å²) in [5.41, 5.74) is 3.64. The average molecular weight is 503 g/mol. The average Bonchev–Trinajstić information content (AvgIpc) is 3.25. The molecule has 5 rings (SSSR count). The molecule has 2 bridgehead atoms. The molecule has 36 heavy (non-hydrogen) atoms. The third kappa shape index (κ3) is 5.30. The van der Waals surface area contributed by atoms with Crippen LogP contribution in [0.3, 0.4) is 0 Å². The molecular weight excluding hydrogens is 472 g/mol. The number of hydrogen-bond donors (Lipinski definition) is 0. The highest BCUT2D eigenvalue weighted by Gasteiger charge is 2.36. The van der Waals surface area contributed by atoms with Crippen LogP contribution < -0.4 is 4.90 Å². The quantitative estimate of drug-likeness (QED) is 0.496. The number of nitrogens with zero attached hydrogens (tertiary/aromatic N) is 4. The molecule has 0 radical (unpaired) electrons. The molecule has 2 amide bonds. The van der Waals surface area contributed by atoms with Gasteiger partial charge in [-0.05, 0) is 60.7 Å². The molecule has 0 aliphatic carbocycles. The minimum absolute atomic E-state index is 0.0191. The van der Waals surface area contributed by atoms with Gasteiger partial charge in [-0.3, -0.25) is 19.5 Å². The van der Waals surface area contributed by atoms with E-state index in [1.807, 2.05) is 52.3 Å². The minimum atomic E-state index is -0.0404. The summed E-state index contributed by atoms with van der Waals surface area (Å²) in [5, 5.41) is 0.724. The molecule has 186 valence electrons. The van der Waals surface area contributed by atoms with Crippen LogP contribution in [0.2, 0.25) is 5.02 Å². The van der Waals surface area contributed by atoms with E-state index in [1.54, 1.807) is 25.4 Å². The molecule has 6 nitrogen and oxygen atoms in total. The monoisotopic (exact) mass is 502 g/mol. The van der Waals surface area contributed by atoms with Gasteiger partial charge in [-0.25, -0.2) is 0 Å². The van der Waals surface area contributed by atoms with Crippen LogP contribution in [0.4, 0.5) is 5.69 Å². The van der Waals surface area contributed by atoms with Gasteiger partial charge in [0.1, 0.15) is 0 Å². The van der Waals surface area contributed by atoms with E-state index in [1.165, 1.54) is 5.56 Å². The summed E-state index contributed by atoms with van der Waals surface area (Å²) >= 11 is 6.13. The number of hydrogen-bond acceptors (Lipinski definition) is 4. The predicted molar refractivity (Wildman–Crippen MR) is 142 cm³/mol. The number of pyridine rings is 1. The van der Waals surface area contributed by atoms with Crippen molar-refractivity contribution in [3.8, 4) is 0 Å². The molecule has 0 spiro atoms. The van der Waals surface area contributed by atoms with Crippen molar-refractivity contribution in [3.63, 3.8) is 0 Å². The molecular formula is C29H31ClN4O2. The van der Waals surface area contributed by atoms with E-state index in [0.717, 1.165) is 42.1 Å². The van der Waals surface area contributed by atoms with E-state index < -0.39 is 0 Å². The second-order valence-corrected chi connectivity index (χ2v) is 10.1. The Morgan fingerprint density at radius 3 is 2.50 bits per heavy atom. The van der Waals surface area contributed by atoms with Crippen molar-refractivity contribution in [2.24, 2.45) is 0 Å². The number of benzene rings is 2. The Morgan fingerprint density at radius 1 is 0.972 bits per heavy atom. The summed E-state index contributed by atoms with van der Waals surface area (Å²) in [6.45, 7) is 4.11. The van der Waals surface area contributed by atoms with Gasteiger partial charge in [0, 0.05) is 68.3 Å². The fraction of sp³-hybridized carbons (Fsp3) is 0.345. The number of amides is 2. The highest BCUT2D eigenvalue weighted by molar-refractivity contribution is 6.30. The maximum absolute atomic E-state index is 13.7. The molecule has 0 saturated carbocycles. The lowest BCUT2D eigenvalue weighted by Crippen LogP contribution is -2.45. The van der Waals surface area contributed by atoms with Crippen LogP contribution in [-0.2, 0) is 17.9 Å². The highest BCUT2D eigenvalue weighted by Crippen LogP contribution is 2.33. The van der Waals surface area contributed by atoms with E-state index >= 15 is 0 Å². The third-order valence-corrected chi connectivity index (χ3v) is 7.64. The summed E-state index contributed by atoms with van der Waals surface area (Å²) in [6.07, 6.45) is 6.25. The fourth-order valence-corrected chi connectivity index (χ4v) is 5.69. The van der Waals surface area contributed by atoms with E-state index in [-0.39, 0.29) is 17.9 Å². The maximum atomic E-state index is 13.7. The number of anilines is 1. The maximum Gasteiger partial charge on any atom is 0.255 e. The Hall–Kier alpha value is -3.22. The molecule has 7 heteroatoms. The van der Waals surface area contributed by atoms with Crippen LogP contribution >= 0.6 is 11.6 Å². The Morgan fingerprint density at radius 2 is 1.75 bits per heavy atom. The molecule has 1 fully saturated rings. The van der Waals surface area contributed by atoms with Crippen molar-refractivity contribution >= 4 is 29.1 Å². The SMILES string of the molecule is CC(=O)N1CC[C@H]2CC[C@@H](CN(C(=O)c3cccnc3)Cc3ccccc31)N2Cc1ccc(Cl)cc1. The van der Waals surface area contributed by atoms with Gasteiger partial charge in [0.25, 0.3) is 5.91 Å². The van der Waals surface area contributed by atoms with Gasteiger partial charge in [-0.2, -0.15) is 0 Å². The highest BCUT2D eigenvalue weighted by atomic mass is 35.5. The number of carbonyl (C=O) groups is 2. The first-order chi connectivity index (χ1) is 17.5. The van der Waals surface area contributed by atoms with Crippen LogP contribution in [0.5, 0.6) is 0 Å². The van der Waals surface area contributed by atoms with Crippen molar-refractivity contribution in [3.05, 3.63) is 94.8 Å². The lowest BCUT2D eigenvalue weighted by atomic mass is 10.1.